The van der Waals surface area contributed by atoms with E-state index in [9.17, 15) is 4.79 Å². The molecule has 0 aliphatic heterocycles. The first-order chi connectivity index (χ1) is 4.31. The van der Waals surface area contributed by atoms with Crippen molar-refractivity contribution in [1.29, 1.82) is 0 Å². The van der Waals surface area contributed by atoms with Crippen molar-refractivity contribution in [3.8, 4) is 0 Å². The summed E-state index contributed by atoms with van der Waals surface area (Å²) in [6.45, 7) is 0.149. The molecule has 0 saturated heterocycles. The molecule has 4 N–H and O–H groups in total. The first-order valence-electron chi connectivity index (χ1n) is 2.50. The number of nitrogens with one attached hydrogen (secondary N) is 1. The highest BCUT2D eigenvalue weighted by molar-refractivity contribution is 5.43. The Kier molecular flexibility index (Phi) is 5.09. The van der Waals surface area contributed by atoms with E-state index in [0.29, 0.717) is 6.41 Å². The molecular weight excluding hydrogens is 124 g/mol. The van der Waals surface area contributed by atoms with Gasteiger partial charge in [-0.2, -0.15) is 0 Å². The molecule has 0 aliphatic rings. The highest BCUT2D eigenvalue weighted by Gasteiger charge is 1.98. The van der Waals surface area contributed by atoms with Gasteiger partial charge in [0.15, 0.2) is 0 Å². The van der Waals surface area contributed by atoms with Gasteiger partial charge in [0.25, 0.3) is 0 Å². The minimum Gasteiger partial charge on any atom is -0.389 e. The second-order valence-electron chi connectivity index (χ2n) is 1.44. The number of aliphatic hydroxyl groups excluding tert-OH is 1. The highest BCUT2D eigenvalue weighted by atomic mass is 16.7. The maximum absolute atomic E-state index is 9.53. The fourth-order valence-electron chi connectivity index (χ4n) is 0.246. The van der Waals surface area contributed by atoms with Crippen molar-refractivity contribution < 1.29 is 14.7 Å². The third kappa shape index (κ3) is 5.22. The highest BCUT2D eigenvalue weighted by Crippen LogP contribution is 1.76. The maximum atomic E-state index is 9.53. The summed E-state index contributed by atoms with van der Waals surface area (Å²) in [7, 11) is 0. The first kappa shape index (κ1) is 8.35. The SMILES string of the molecule is NCC(O)CONC=O. The fraction of sp³-hybridized carbons (Fsp3) is 0.750. The number of hydrogen-bond acceptors (Lipinski definition) is 4. The minimum atomic E-state index is -0.711. The summed E-state index contributed by atoms with van der Waals surface area (Å²) in [6.07, 6.45) is -0.332. The average molecular weight is 134 g/mol. The van der Waals surface area contributed by atoms with E-state index >= 15 is 0 Å². The third-order valence-electron chi connectivity index (χ3n) is 0.679. The normalized spacial score (nSPS) is 12.7. The quantitative estimate of drug-likeness (QED) is 0.230. The molecule has 0 bridgehead atoms. The molecule has 0 aliphatic carbocycles. The van der Waals surface area contributed by atoms with Crippen LogP contribution in [0.2, 0.25) is 0 Å². The van der Waals surface area contributed by atoms with Crippen molar-refractivity contribution in [2.24, 2.45) is 5.73 Å². The molecule has 0 saturated carbocycles. The van der Waals surface area contributed by atoms with Crippen LogP contribution >= 0.6 is 0 Å². The summed E-state index contributed by atoms with van der Waals surface area (Å²) in [6, 6.07) is 0. The van der Waals surface area contributed by atoms with Crippen molar-refractivity contribution in [2.75, 3.05) is 13.2 Å². The summed E-state index contributed by atoms with van der Waals surface area (Å²) in [5.74, 6) is 0. The van der Waals surface area contributed by atoms with Gasteiger partial charge in [-0.25, -0.2) is 5.48 Å². The van der Waals surface area contributed by atoms with E-state index in [2.05, 4.69) is 4.84 Å². The van der Waals surface area contributed by atoms with Crippen molar-refractivity contribution in [3.05, 3.63) is 0 Å². The Morgan fingerprint density at radius 1 is 1.89 bits per heavy atom. The average Bonchev–Trinajstić information content (AvgIpc) is 1.89. The number of hydroxylamine groups is 1. The lowest BCUT2D eigenvalue weighted by Gasteiger charge is -2.05. The molecule has 54 valence electrons. The summed E-state index contributed by atoms with van der Waals surface area (Å²) in [5, 5.41) is 8.68. The number of aliphatic hydroxyl groups is 1. The zero-order valence-corrected chi connectivity index (χ0v) is 4.91. The molecule has 0 aromatic carbocycles. The van der Waals surface area contributed by atoms with Gasteiger partial charge in [-0.05, 0) is 0 Å². The van der Waals surface area contributed by atoms with Crippen LogP contribution in [0, 0.1) is 0 Å². The molecule has 1 atom stereocenters. The molecule has 5 heteroatoms. The summed E-state index contributed by atoms with van der Waals surface area (Å²) in [5.41, 5.74) is 6.93. The van der Waals surface area contributed by atoms with E-state index in [1.807, 2.05) is 5.48 Å². The van der Waals surface area contributed by atoms with Gasteiger partial charge in [0.1, 0.15) is 6.61 Å². The van der Waals surface area contributed by atoms with Gasteiger partial charge in [0, 0.05) is 6.54 Å². The molecule has 1 unspecified atom stereocenters. The van der Waals surface area contributed by atoms with Gasteiger partial charge in [0.2, 0.25) is 6.41 Å². The second-order valence-corrected chi connectivity index (χ2v) is 1.44. The third-order valence-corrected chi connectivity index (χ3v) is 0.679. The Bertz CT molecular complexity index is 78.2. The molecule has 0 spiro atoms. The predicted octanol–water partition coefficient (Wildman–Crippen LogP) is -2.02. The molecule has 5 nitrogen and oxygen atoms in total. The van der Waals surface area contributed by atoms with E-state index in [1.165, 1.54) is 0 Å². The lowest BCUT2D eigenvalue weighted by molar-refractivity contribution is -0.122. The van der Waals surface area contributed by atoms with Gasteiger partial charge < -0.3 is 10.8 Å². The van der Waals surface area contributed by atoms with Crippen LogP contribution in [0.1, 0.15) is 0 Å². The van der Waals surface area contributed by atoms with Crippen molar-refractivity contribution in [3.63, 3.8) is 0 Å². The van der Waals surface area contributed by atoms with E-state index in [4.69, 9.17) is 10.8 Å². The van der Waals surface area contributed by atoms with E-state index in [0.717, 1.165) is 0 Å². The summed E-state index contributed by atoms with van der Waals surface area (Å²) >= 11 is 0. The second kappa shape index (κ2) is 5.49. The van der Waals surface area contributed by atoms with Crippen LogP contribution in [0.5, 0.6) is 0 Å². The molecule has 0 aromatic rings. The molecule has 0 fully saturated rings. The van der Waals surface area contributed by atoms with Crippen molar-refractivity contribution in [2.45, 2.75) is 6.10 Å². The maximum Gasteiger partial charge on any atom is 0.230 e. The topological polar surface area (TPSA) is 84.6 Å². The largest absolute Gasteiger partial charge is 0.389 e. The van der Waals surface area contributed by atoms with Gasteiger partial charge >= 0.3 is 0 Å². The van der Waals surface area contributed by atoms with Crippen molar-refractivity contribution in [1.82, 2.24) is 5.48 Å². The standard InChI is InChI=1S/C4H10N2O3/c5-1-4(8)2-9-6-3-7/h3-4,8H,1-2,5H2,(H,6,7). The van der Waals surface area contributed by atoms with E-state index < -0.39 is 6.10 Å². The summed E-state index contributed by atoms with van der Waals surface area (Å²) < 4.78 is 0. The Morgan fingerprint density at radius 3 is 3.00 bits per heavy atom. The van der Waals surface area contributed by atoms with Crippen molar-refractivity contribution >= 4 is 6.41 Å². The molecule has 0 rings (SSSR count). The van der Waals surface area contributed by atoms with Gasteiger partial charge in [-0.3, -0.25) is 9.63 Å². The zero-order chi connectivity index (χ0) is 7.11. The molecule has 9 heavy (non-hydrogen) atoms. The Hall–Kier alpha value is -0.650. The Balaban J connectivity index is 2.96. The monoisotopic (exact) mass is 134 g/mol. The smallest absolute Gasteiger partial charge is 0.230 e. The van der Waals surface area contributed by atoms with Gasteiger partial charge in [-0.1, -0.05) is 0 Å². The number of hydrogen-bond donors (Lipinski definition) is 3. The number of amides is 1. The Morgan fingerprint density at radius 2 is 2.56 bits per heavy atom. The number of carbonyl (C=O) groups is 1. The van der Waals surface area contributed by atoms with Crippen LogP contribution in [-0.4, -0.2) is 30.8 Å². The number of carbonyl (C=O) groups excluding carboxylic acids is 1. The zero-order valence-electron chi connectivity index (χ0n) is 4.91. The lowest BCUT2D eigenvalue weighted by atomic mass is 10.4. The first-order valence-corrected chi connectivity index (χ1v) is 2.50. The van der Waals surface area contributed by atoms with Crippen LogP contribution in [0.25, 0.3) is 0 Å². The molecule has 0 heterocycles. The van der Waals surface area contributed by atoms with E-state index in [-0.39, 0.29) is 13.2 Å². The number of rotatable bonds is 5. The van der Waals surface area contributed by atoms with Gasteiger partial charge in [0.05, 0.1) is 6.10 Å². The van der Waals surface area contributed by atoms with Crippen LogP contribution in [-0.2, 0) is 9.63 Å². The van der Waals surface area contributed by atoms with Crippen LogP contribution in [0.4, 0.5) is 0 Å². The van der Waals surface area contributed by atoms with Crippen LogP contribution in [0.3, 0.4) is 0 Å². The van der Waals surface area contributed by atoms with Gasteiger partial charge in [-0.15, -0.1) is 0 Å². The van der Waals surface area contributed by atoms with E-state index in [1.54, 1.807) is 0 Å². The molecular formula is C4H10N2O3. The predicted molar refractivity (Wildman–Crippen MR) is 30.2 cm³/mol. The fourth-order valence-corrected chi connectivity index (χ4v) is 0.246. The Labute approximate surface area is 52.7 Å². The number of nitrogens with two attached hydrogens (primary N) is 1. The molecule has 1 amide bonds. The van der Waals surface area contributed by atoms with Crippen LogP contribution in [0.15, 0.2) is 0 Å². The minimum absolute atomic E-state index is 0.0231. The molecule has 0 aromatic heterocycles. The lowest BCUT2D eigenvalue weighted by Crippen LogP contribution is -2.28. The molecule has 0 radical (unpaired) electrons. The van der Waals surface area contributed by atoms with Crippen LogP contribution < -0.4 is 11.2 Å². The summed E-state index contributed by atoms with van der Waals surface area (Å²) in [4.78, 5) is 13.9.